The topological polar surface area (TPSA) is 44.4 Å². The van der Waals surface area contributed by atoms with Crippen LogP contribution in [-0.4, -0.2) is 49.1 Å². The Morgan fingerprint density at radius 1 is 1.47 bits per heavy atom. The van der Waals surface area contributed by atoms with Crippen molar-refractivity contribution in [1.82, 2.24) is 15.5 Å². The van der Waals surface area contributed by atoms with Gasteiger partial charge in [0, 0.05) is 31.6 Å². The van der Waals surface area contributed by atoms with Gasteiger partial charge < -0.3 is 15.5 Å². The summed E-state index contributed by atoms with van der Waals surface area (Å²) >= 11 is 0. The highest BCUT2D eigenvalue weighted by Crippen LogP contribution is 2.20. The Kier molecular flexibility index (Phi) is 5.64. The van der Waals surface area contributed by atoms with E-state index in [1.165, 1.54) is 38.9 Å². The van der Waals surface area contributed by atoms with E-state index in [9.17, 15) is 4.79 Å². The summed E-state index contributed by atoms with van der Waals surface area (Å²) in [5, 5.41) is 6.69. The molecule has 0 aromatic heterocycles. The number of hydrogen-bond acceptors (Lipinski definition) is 3. The van der Waals surface area contributed by atoms with Crippen LogP contribution in [0.3, 0.4) is 0 Å². The number of hydrogen-bond donors (Lipinski definition) is 2. The molecule has 2 fully saturated rings. The van der Waals surface area contributed by atoms with E-state index < -0.39 is 0 Å². The Morgan fingerprint density at radius 2 is 2.32 bits per heavy atom. The highest BCUT2D eigenvalue weighted by Gasteiger charge is 2.27. The maximum Gasteiger partial charge on any atom is 0.220 e. The second-order valence-corrected chi connectivity index (χ2v) is 6.20. The van der Waals surface area contributed by atoms with Crippen molar-refractivity contribution in [2.24, 2.45) is 5.92 Å². The molecule has 0 aromatic rings. The maximum absolute atomic E-state index is 11.2. The van der Waals surface area contributed by atoms with E-state index >= 15 is 0 Å². The zero-order valence-electron chi connectivity index (χ0n) is 12.5. The summed E-state index contributed by atoms with van der Waals surface area (Å²) in [7, 11) is 0. The standard InChI is InChI=1S/C15H29N3O/c1-3-8-18-9-4-5-13(11-18)12(2)17-14-6-7-15(19)16-10-14/h12-14,17H,3-11H2,1-2H3,(H,16,19). The summed E-state index contributed by atoms with van der Waals surface area (Å²) in [4.78, 5) is 13.8. The lowest BCUT2D eigenvalue weighted by Crippen LogP contribution is -2.52. The minimum Gasteiger partial charge on any atom is -0.355 e. The quantitative estimate of drug-likeness (QED) is 0.790. The number of rotatable bonds is 5. The van der Waals surface area contributed by atoms with Crippen LogP contribution in [0.1, 0.15) is 46.0 Å². The molecule has 0 saturated carbocycles. The lowest BCUT2D eigenvalue weighted by Gasteiger charge is -2.38. The fraction of sp³-hybridized carbons (Fsp3) is 0.933. The van der Waals surface area contributed by atoms with E-state index in [0.717, 1.165) is 18.9 Å². The molecule has 2 aliphatic rings. The molecule has 4 nitrogen and oxygen atoms in total. The first-order valence-corrected chi connectivity index (χ1v) is 7.94. The van der Waals surface area contributed by atoms with Gasteiger partial charge in [-0.2, -0.15) is 0 Å². The number of piperidine rings is 2. The molecule has 2 rings (SSSR count). The first-order valence-electron chi connectivity index (χ1n) is 7.94. The predicted octanol–water partition coefficient (Wildman–Crippen LogP) is 1.37. The molecule has 2 N–H and O–H groups in total. The highest BCUT2D eigenvalue weighted by atomic mass is 16.1. The van der Waals surface area contributed by atoms with Gasteiger partial charge in [-0.1, -0.05) is 6.92 Å². The average Bonchev–Trinajstić information content (AvgIpc) is 2.42. The van der Waals surface area contributed by atoms with Gasteiger partial charge in [-0.05, 0) is 51.6 Å². The highest BCUT2D eigenvalue weighted by molar-refractivity contribution is 5.76. The minimum atomic E-state index is 0.206. The molecule has 19 heavy (non-hydrogen) atoms. The van der Waals surface area contributed by atoms with Crippen molar-refractivity contribution in [1.29, 1.82) is 0 Å². The molecule has 0 radical (unpaired) electrons. The Balaban J connectivity index is 1.75. The summed E-state index contributed by atoms with van der Waals surface area (Å²) < 4.78 is 0. The van der Waals surface area contributed by atoms with Crippen LogP contribution in [0.4, 0.5) is 0 Å². The summed E-state index contributed by atoms with van der Waals surface area (Å²) in [5.74, 6) is 0.968. The van der Waals surface area contributed by atoms with Crippen molar-refractivity contribution < 1.29 is 4.79 Å². The van der Waals surface area contributed by atoms with E-state index in [-0.39, 0.29) is 5.91 Å². The Bertz CT molecular complexity index is 283. The third kappa shape index (κ3) is 4.46. The second-order valence-electron chi connectivity index (χ2n) is 6.20. The molecule has 1 amide bonds. The van der Waals surface area contributed by atoms with Crippen LogP contribution in [-0.2, 0) is 4.79 Å². The number of nitrogens with one attached hydrogen (secondary N) is 2. The van der Waals surface area contributed by atoms with Crippen LogP contribution in [0, 0.1) is 5.92 Å². The lowest BCUT2D eigenvalue weighted by atomic mass is 9.90. The summed E-state index contributed by atoms with van der Waals surface area (Å²) in [5.41, 5.74) is 0. The Morgan fingerprint density at radius 3 is 3.00 bits per heavy atom. The van der Waals surface area contributed by atoms with E-state index in [0.29, 0.717) is 18.5 Å². The number of likely N-dealkylation sites (tertiary alicyclic amines) is 1. The van der Waals surface area contributed by atoms with Crippen LogP contribution < -0.4 is 10.6 Å². The van der Waals surface area contributed by atoms with Crippen molar-refractivity contribution in [3.8, 4) is 0 Å². The molecular formula is C15H29N3O. The van der Waals surface area contributed by atoms with Gasteiger partial charge in [-0.25, -0.2) is 0 Å². The molecule has 0 spiro atoms. The van der Waals surface area contributed by atoms with E-state index in [4.69, 9.17) is 0 Å². The third-order valence-electron chi connectivity index (χ3n) is 4.55. The monoisotopic (exact) mass is 267 g/mol. The normalized spacial score (nSPS) is 30.9. The van der Waals surface area contributed by atoms with Crippen molar-refractivity contribution >= 4 is 5.91 Å². The SMILES string of the molecule is CCCN1CCCC(C(C)NC2CCC(=O)NC2)C1. The van der Waals surface area contributed by atoms with Crippen LogP contribution in [0.2, 0.25) is 0 Å². The largest absolute Gasteiger partial charge is 0.355 e. The molecule has 110 valence electrons. The van der Waals surface area contributed by atoms with Crippen molar-refractivity contribution in [2.45, 2.75) is 58.0 Å². The van der Waals surface area contributed by atoms with Gasteiger partial charge in [-0.3, -0.25) is 4.79 Å². The zero-order valence-corrected chi connectivity index (χ0v) is 12.5. The average molecular weight is 267 g/mol. The summed E-state index contributed by atoms with van der Waals surface area (Å²) in [6, 6.07) is 1.02. The number of carbonyl (C=O) groups excluding carboxylic acids is 1. The smallest absolute Gasteiger partial charge is 0.220 e. The predicted molar refractivity (Wildman–Crippen MR) is 78.1 cm³/mol. The molecule has 0 aliphatic carbocycles. The van der Waals surface area contributed by atoms with Crippen molar-refractivity contribution in [2.75, 3.05) is 26.2 Å². The summed E-state index contributed by atoms with van der Waals surface area (Å²) in [6.07, 6.45) is 5.59. The number of carbonyl (C=O) groups is 1. The van der Waals surface area contributed by atoms with Crippen molar-refractivity contribution in [3.05, 3.63) is 0 Å². The molecule has 4 heteroatoms. The number of nitrogens with zero attached hydrogens (tertiary/aromatic N) is 1. The van der Waals surface area contributed by atoms with Crippen LogP contribution in [0.5, 0.6) is 0 Å². The van der Waals surface area contributed by atoms with Gasteiger partial charge >= 0.3 is 0 Å². The fourth-order valence-electron chi connectivity index (χ4n) is 3.40. The minimum absolute atomic E-state index is 0.206. The van der Waals surface area contributed by atoms with Gasteiger partial charge in [0.2, 0.25) is 5.91 Å². The Hall–Kier alpha value is -0.610. The Labute approximate surface area is 117 Å². The molecular weight excluding hydrogens is 238 g/mol. The van der Waals surface area contributed by atoms with Gasteiger partial charge in [0.15, 0.2) is 0 Å². The molecule has 0 bridgehead atoms. The molecule has 2 heterocycles. The number of amides is 1. The first-order chi connectivity index (χ1) is 9.19. The third-order valence-corrected chi connectivity index (χ3v) is 4.55. The van der Waals surface area contributed by atoms with Crippen LogP contribution >= 0.6 is 0 Å². The zero-order chi connectivity index (χ0) is 13.7. The second kappa shape index (κ2) is 7.25. The first kappa shape index (κ1) is 14.8. The van der Waals surface area contributed by atoms with Crippen LogP contribution in [0.15, 0.2) is 0 Å². The molecule has 0 aromatic carbocycles. The van der Waals surface area contributed by atoms with Gasteiger partial charge in [0.05, 0.1) is 0 Å². The lowest BCUT2D eigenvalue weighted by molar-refractivity contribution is -0.122. The van der Waals surface area contributed by atoms with Crippen LogP contribution in [0.25, 0.3) is 0 Å². The van der Waals surface area contributed by atoms with Gasteiger partial charge in [0.25, 0.3) is 0 Å². The molecule has 2 aliphatic heterocycles. The maximum atomic E-state index is 11.2. The molecule has 3 unspecified atom stereocenters. The van der Waals surface area contributed by atoms with E-state index in [1.807, 2.05) is 0 Å². The molecule has 3 atom stereocenters. The van der Waals surface area contributed by atoms with Gasteiger partial charge in [-0.15, -0.1) is 0 Å². The van der Waals surface area contributed by atoms with Crippen molar-refractivity contribution in [3.63, 3.8) is 0 Å². The summed E-state index contributed by atoms with van der Waals surface area (Å²) in [6.45, 7) is 9.13. The van der Waals surface area contributed by atoms with Gasteiger partial charge in [0.1, 0.15) is 0 Å². The van der Waals surface area contributed by atoms with E-state index in [2.05, 4.69) is 29.4 Å². The fourth-order valence-corrected chi connectivity index (χ4v) is 3.40. The van der Waals surface area contributed by atoms with E-state index in [1.54, 1.807) is 0 Å². The molecule has 2 saturated heterocycles.